The highest BCUT2D eigenvalue weighted by atomic mass is 19.5. The lowest BCUT2D eigenvalue weighted by Gasteiger charge is -2.03. The minimum absolute atomic E-state index is 0.289. The van der Waals surface area contributed by atoms with Crippen molar-refractivity contribution in [3.63, 3.8) is 0 Å². The molecule has 0 bridgehead atoms. The summed E-state index contributed by atoms with van der Waals surface area (Å²) in [6.45, 7) is 10.0. The van der Waals surface area contributed by atoms with Gasteiger partial charge in [0, 0.05) is 5.57 Å². The van der Waals surface area contributed by atoms with Crippen LogP contribution in [0.2, 0.25) is 0 Å². The summed E-state index contributed by atoms with van der Waals surface area (Å²) in [5.41, 5.74) is 0.464. The number of aromatic nitrogens is 2. The topological polar surface area (TPSA) is 35.1 Å². The highest BCUT2D eigenvalue weighted by molar-refractivity contribution is 6.50. The van der Waals surface area contributed by atoms with Crippen LogP contribution in [0.5, 0.6) is 0 Å². The van der Waals surface area contributed by atoms with E-state index in [-0.39, 0.29) is 5.97 Å². The maximum absolute atomic E-state index is 11.2. The number of hydrogen-bond acceptors (Lipinski definition) is 2. The number of nitrogens with zero attached hydrogens (tertiary/aromatic N) is 2. The quantitative estimate of drug-likeness (QED) is 0.110. The standard InChI is InChI=1S/C19H33N2O2.BF4/c1-4-5-6-7-8-9-12-20-14-15-21(17-20)13-10-11-16-23-19(22)18(2)3;2-1(3,4)5/h14-15,17H,2,4-13,16H2,1,3H3;/q+1;-1. The van der Waals surface area contributed by atoms with Crippen LogP contribution in [0, 0.1) is 0 Å². The molecule has 0 N–H and O–H groups in total. The molecule has 0 saturated heterocycles. The van der Waals surface area contributed by atoms with Crippen LogP contribution in [0.4, 0.5) is 17.3 Å². The fraction of sp³-hybridized carbons (Fsp3) is 0.684. The molecule has 0 fully saturated rings. The number of unbranched alkanes of at least 4 members (excludes halogenated alkanes) is 6. The predicted molar refractivity (Wildman–Crippen MR) is 103 cm³/mol. The fourth-order valence-electron chi connectivity index (χ4n) is 2.46. The predicted octanol–water partition coefficient (Wildman–Crippen LogP) is 5.34. The largest absolute Gasteiger partial charge is 0.673 e. The first-order chi connectivity index (χ1) is 13.1. The van der Waals surface area contributed by atoms with E-state index >= 15 is 0 Å². The van der Waals surface area contributed by atoms with E-state index in [0.29, 0.717) is 12.2 Å². The van der Waals surface area contributed by atoms with Crippen LogP contribution in [-0.2, 0) is 22.6 Å². The van der Waals surface area contributed by atoms with E-state index in [9.17, 15) is 22.1 Å². The second-order valence-electron chi connectivity index (χ2n) is 6.78. The van der Waals surface area contributed by atoms with Gasteiger partial charge in [-0.3, -0.25) is 0 Å². The van der Waals surface area contributed by atoms with Crippen LogP contribution in [0.1, 0.15) is 65.2 Å². The van der Waals surface area contributed by atoms with Gasteiger partial charge in [0.2, 0.25) is 6.33 Å². The van der Waals surface area contributed by atoms with Gasteiger partial charge in [-0.15, -0.1) is 0 Å². The van der Waals surface area contributed by atoms with Crippen molar-refractivity contribution >= 4 is 13.2 Å². The van der Waals surface area contributed by atoms with Gasteiger partial charge in [0.25, 0.3) is 0 Å². The average molecular weight is 408 g/mol. The van der Waals surface area contributed by atoms with E-state index in [2.05, 4.69) is 41.4 Å². The Labute approximate surface area is 165 Å². The van der Waals surface area contributed by atoms with E-state index in [0.717, 1.165) is 25.9 Å². The first-order valence-corrected chi connectivity index (χ1v) is 9.88. The Hall–Kier alpha value is -1.80. The molecule has 0 aliphatic carbocycles. The van der Waals surface area contributed by atoms with Crippen LogP contribution >= 0.6 is 0 Å². The molecule has 0 aliphatic rings. The first-order valence-electron chi connectivity index (χ1n) is 9.88. The first kappa shape index (κ1) is 26.2. The van der Waals surface area contributed by atoms with Crippen molar-refractivity contribution in [2.45, 2.75) is 78.3 Å². The van der Waals surface area contributed by atoms with Crippen molar-refractivity contribution in [1.82, 2.24) is 4.57 Å². The lowest BCUT2D eigenvalue weighted by atomic mass is 10.1. The summed E-state index contributed by atoms with van der Waals surface area (Å²) >= 11 is 0. The molecule has 1 heterocycles. The van der Waals surface area contributed by atoms with Crippen LogP contribution in [-0.4, -0.2) is 24.4 Å². The summed E-state index contributed by atoms with van der Waals surface area (Å²) in [5, 5.41) is 0. The molecule has 0 aliphatic heterocycles. The Balaban J connectivity index is 0.00000129. The summed E-state index contributed by atoms with van der Waals surface area (Å²) in [6, 6.07) is 0. The molecule has 1 rings (SSSR count). The average Bonchev–Trinajstić information content (AvgIpc) is 3.03. The third-order valence-corrected chi connectivity index (χ3v) is 3.91. The molecule has 1 aromatic heterocycles. The molecule has 0 atom stereocenters. The lowest BCUT2D eigenvalue weighted by molar-refractivity contribution is -0.696. The van der Waals surface area contributed by atoms with Crippen LogP contribution in [0.3, 0.4) is 0 Å². The maximum atomic E-state index is 11.2. The number of ether oxygens (including phenoxy) is 1. The van der Waals surface area contributed by atoms with Gasteiger partial charge >= 0.3 is 13.2 Å². The number of carbonyl (C=O) groups is 1. The molecule has 0 spiro atoms. The zero-order chi connectivity index (χ0) is 21.4. The van der Waals surface area contributed by atoms with Crippen molar-refractivity contribution < 1.29 is 31.4 Å². The maximum Gasteiger partial charge on any atom is 0.673 e. The minimum Gasteiger partial charge on any atom is -0.462 e. The minimum atomic E-state index is -6.00. The van der Waals surface area contributed by atoms with Gasteiger partial charge in [0.15, 0.2) is 0 Å². The number of imidazole rings is 1. The van der Waals surface area contributed by atoms with Crippen LogP contribution in [0.15, 0.2) is 30.9 Å². The van der Waals surface area contributed by atoms with Crippen molar-refractivity contribution in [1.29, 1.82) is 0 Å². The third kappa shape index (κ3) is 17.6. The fourth-order valence-corrected chi connectivity index (χ4v) is 2.46. The number of hydrogen-bond donors (Lipinski definition) is 0. The highest BCUT2D eigenvalue weighted by Crippen LogP contribution is 2.06. The molecule has 0 unspecified atom stereocenters. The number of aryl methyl sites for hydroxylation is 2. The summed E-state index contributed by atoms with van der Waals surface area (Å²) in [6.07, 6.45) is 16.3. The summed E-state index contributed by atoms with van der Waals surface area (Å²) in [5.74, 6) is -0.289. The van der Waals surface area contributed by atoms with Gasteiger partial charge in [0.1, 0.15) is 12.4 Å². The Morgan fingerprint density at radius 2 is 1.68 bits per heavy atom. The normalized spacial score (nSPS) is 10.9. The Morgan fingerprint density at radius 3 is 2.29 bits per heavy atom. The number of halogens is 4. The lowest BCUT2D eigenvalue weighted by Crippen LogP contribution is -2.30. The molecule has 9 heteroatoms. The van der Waals surface area contributed by atoms with Gasteiger partial charge in [-0.2, -0.15) is 0 Å². The summed E-state index contributed by atoms with van der Waals surface area (Å²) in [4.78, 5) is 11.2. The Morgan fingerprint density at radius 1 is 1.07 bits per heavy atom. The monoisotopic (exact) mass is 408 g/mol. The van der Waals surface area contributed by atoms with Crippen molar-refractivity contribution in [2.75, 3.05) is 6.61 Å². The third-order valence-electron chi connectivity index (χ3n) is 3.91. The second-order valence-corrected chi connectivity index (χ2v) is 6.78. The molecular weight excluding hydrogens is 375 g/mol. The molecule has 0 saturated carbocycles. The molecule has 0 radical (unpaired) electrons. The van der Waals surface area contributed by atoms with Crippen LogP contribution in [0.25, 0.3) is 0 Å². The smallest absolute Gasteiger partial charge is 0.462 e. The van der Waals surface area contributed by atoms with E-state index in [4.69, 9.17) is 4.74 Å². The number of esters is 1. The van der Waals surface area contributed by atoms with E-state index in [1.165, 1.54) is 38.5 Å². The van der Waals surface area contributed by atoms with E-state index in [1.807, 2.05) is 0 Å². The molecular formula is C19H33BF4N2O2. The SMILES string of the molecule is C=C(C)C(=O)OCCCCn1cc[n+](CCCCCCCC)c1.F[B-](F)(F)F. The summed E-state index contributed by atoms with van der Waals surface area (Å²) in [7, 11) is -6.00. The molecule has 4 nitrogen and oxygen atoms in total. The molecule has 162 valence electrons. The van der Waals surface area contributed by atoms with Crippen LogP contribution < -0.4 is 4.57 Å². The molecule has 0 aromatic carbocycles. The number of rotatable bonds is 13. The van der Waals surface area contributed by atoms with Crippen molar-refractivity contribution in [3.05, 3.63) is 30.9 Å². The van der Waals surface area contributed by atoms with Crippen molar-refractivity contribution in [2.24, 2.45) is 0 Å². The molecule has 28 heavy (non-hydrogen) atoms. The Bertz CT molecular complexity index is 556. The molecule has 0 amide bonds. The van der Waals surface area contributed by atoms with Gasteiger partial charge in [0.05, 0.1) is 19.7 Å². The van der Waals surface area contributed by atoms with Gasteiger partial charge in [-0.05, 0) is 32.6 Å². The van der Waals surface area contributed by atoms with Crippen molar-refractivity contribution in [3.8, 4) is 0 Å². The zero-order valence-electron chi connectivity index (χ0n) is 17.0. The van der Waals surface area contributed by atoms with Gasteiger partial charge in [-0.1, -0.05) is 39.2 Å². The highest BCUT2D eigenvalue weighted by Gasteiger charge is 2.20. The summed E-state index contributed by atoms with van der Waals surface area (Å²) < 4.78 is 48.6. The van der Waals surface area contributed by atoms with Gasteiger partial charge in [-0.25, -0.2) is 13.9 Å². The second kappa shape index (κ2) is 15.2. The zero-order valence-corrected chi connectivity index (χ0v) is 17.0. The Kier molecular flexibility index (Phi) is 14.2. The van der Waals surface area contributed by atoms with E-state index in [1.54, 1.807) is 6.92 Å². The van der Waals surface area contributed by atoms with Gasteiger partial charge < -0.3 is 22.0 Å². The number of carbonyl (C=O) groups excluding carboxylic acids is 1. The van der Waals surface area contributed by atoms with E-state index < -0.39 is 7.25 Å². The molecule has 1 aromatic rings.